The average Bonchev–Trinajstić information content (AvgIpc) is 3.40. The highest BCUT2D eigenvalue weighted by molar-refractivity contribution is 6.12. The number of nitrogens with zero attached hydrogens (tertiary/aromatic N) is 5. The predicted molar refractivity (Wildman–Crippen MR) is 111 cm³/mol. The van der Waals surface area contributed by atoms with E-state index in [1.54, 1.807) is 12.4 Å². The summed E-state index contributed by atoms with van der Waals surface area (Å²) in [4.78, 5) is 28.8. The topological polar surface area (TPSA) is 101 Å². The van der Waals surface area contributed by atoms with E-state index in [2.05, 4.69) is 31.2 Å². The first-order chi connectivity index (χ1) is 14.2. The van der Waals surface area contributed by atoms with Crippen LogP contribution in [-0.4, -0.2) is 64.5 Å². The van der Waals surface area contributed by atoms with Crippen molar-refractivity contribution in [3.05, 3.63) is 30.2 Å². The zero-order valence-corrected chi connectivity index (χ0v) is 16.2. The van der Waals surface area contributed by atoms with Gasteiger partial charge in [-0.05, 0) is 31.5 Å². The van der Waals surface area contributed by atoms with Gasteiger partial charge in [-0.3, -0.25) is 4.79 Å². The molecule has 0 spiro atoms. The van der Waals surface area contributed by atoms with Gasteiger partial charge in [0, 0.05) is 50.2 Å². The van der Waals surface area contributed by atoms with E-state index in [0.717, 1.165) is 73.2 Å². The molecule has 0 aliphatic carbocycles. The maximum absolute atomic E-state index is 12.6. The molecule has 2 fully saturated rings. The maximum Gasteiger partial charge on any atom is 0.224 e. The number of carbonyl (C=O) groups excluding carboxylic acids is 1. The lowest BCUT2D eigenvalue weighted by Crippen LogP contribution is -2.49. The van der Waals surface area contributed by atoms with Crippen LogP contribution in [-0.2, 0) is 4.79 Å². The Morgan fingerprint density at radius 1 is 1.28 bits per heavy atom. The molecule has 0 saturated carbocycles. The molecule has 0 radical (unpaired) electrons. The summed E-state index contributed by atoms with van der Waals surface area (Å²) in [6.07, 6.45) is 6.35. The van der Waals surface area contributed by atoms with Gasteiger partial charge < -0.3 is 20.1 Å². The molecular formula is C21H23N7O. The van der Waals surface area contributed by atoms with E-state index in [1.807, 2.05) is 17.0 Å². The Labute approximate surface area is 168 Å². The molecule has 5 rings (SSSR count). The van der Waals surface area contributed by atoms with Gasteiger partial charge in [0.25, 0.3) is 0 Å². The van der Waals surface area contributed by atoms with E-state index in [9.17, 15) is 10.1 Å². The van der Waals surface area contributed by atoms with E-state index in [1.165, 1.54) is 0 Å². The number of aromatic nitrogens is 3. The van der Waals surface area contributed by atoms with Gasteiger partial charge in [-0.25, -0.2) is 9.97 Å². The number of carbonyl (C=O) groups is 1. The first kappa shape index (κ1) is 17.9. The number of hydrogen-bond acceptors (Lipinski definition) is 6. The summed E-state index contributed by atoms with van der Waals surface area (Å²) >= 11 is 0. The van der Waals surface area contributed by atoms with Crippen molar-refractivity contribution in [1.29, 1.82) is 5.26 Å². The van der Waals surface area contributed by atoms with Gasteiger partial charge in [0.1, 0.15) is 17.4 Å². The number of nitrogens with one attached hydrogen (secondary N) is 2. The molecule has 8 nitrogen and oxygen atoms in total. The van der Waals surface area contributed by atoms with E-state index in [4.69, 9.17) is 0 Å². The van der Waals surface area contributed by atoms with Crippen LogP contribution in [0, 0.1) is 11.3 Å². The van der Waals surface area contributed by atoms with Gasteiger partial charge >= 0.3 is 0 Å². The molecule has 5 heterocycles. The van der Waals surface area contributed by atoms with Crippen molar-refractivity contribution < 1.29 is 4.79 Å². The van der Waals surface area contributed by atoms with Crippen LogP contribution >= 0.6 is 0 Å². The van der Waals surface area contributed by atoms with Crippen LogP contribution < -0.4 is 10.2 Å². The molecule has 1 atom stereocenters. The standard InChI is InChI=1S/C21H23N7O/c22-12-15-10-16-17(13-25-15)26-21-20(16)18(3-5-24-21)27-6-8-28(9-7-27)19(29)11-14-2-1-4-23-14/h3,5,10,13-14,23H,1-2,4,6-9,11H2,(H,24,26)/t14-/m0/s1. The Balaban J connectivity index is 1.38. The molecule has 148 valence electrons. The third kappa shape index (κ3) is 3.28. The van der Waals surface area contributed by atoms with Crippen LogP contribution in [0.1, 0.15) is 25.0 Å². The normalized spacial score (nSPS) is 19.8. The lowest BCUT2D eigenvalue weighted by Gasteiger charge is -2.36. The van der Waals surface area contributed by atoms with Crippen molar-refractivity contribution in [3.63, 3.8) is 0 Å². The lowest BCUT2D eigenvalue weighted by atomic mass is 10.1. The Hall–Kier alpha value is -3.18. The van der Waals surface area contributed by atoms with Crippen LogP contribution in [0.25, 0.3) is 21.9 Å². The van der Waals surface area contributed by atoms with Gasteiger partial charge in [-0.1, -0.05) is 0 Å². The fourth-order valence-electron chi connectivity index (χ4n) is 4.49. The number of H-pyrrole nitrogens is 1. The van der Waals surface area contributed by atoms with Crippen LogP contribution in [0.3, 0.4) is 0 Å². The van der Waals surface area contributed by atoms with Crippen molar-refractivity contribution in [2.75, 3.05) is 37.6 Å². The largest absolute Gasteiger partial charge is 0.367 e. The Morgan fingerprint density at radius 3 is 2.90 bits per heavy atom. The molecular weight excluding hydrogens is 366 g/mol. The molecule has 2 aliphatic rings. The second-order valence-electron chi connectivity index (χ2n) is 7.77. The van der Waals surface area contributed by atoms with Crippen LogP contribution in [0.2, 0.25) is 0 Å². The van der Waals surface area contributed by atoms with Gasteiger partial charge in [0.2, 0.25) is 5.91 Å². The van der Waals surface area contributed by atoms with Gasteiger partial charge in [0.05, 0.1) is 22.8 Å². The zero-order valence-electron chi connectivity index (χ0n) is 16.2. The molecule has 2 saturated heterocycles. The predicted octanol–water partition coefficient (Wildman–Crippen LogP) is 1.77. The van der Waals surface area contributed by atoms with E-state index in [-0.39, 0.29) is 5.91 Å². The number of rotatable bonds is 3. The third-order valence-electron chi connectivity index (χ3n) is 6.03. The van der Waals surface area contributed by atoms with Gasteiger partial charge in [-0.15, -0.1) is 0 Å². The number of nitriles is 1. The van der Waals surface area contributed by atoms with Crippen molar-refractivity contribution in [1.82, 2.24) is 25.2 Å². The van der Waals surface area contributed by atoms with Crippen LogP contribution in [0.4, 0.5) is 5.69 Å². The average molecular weight is 389 g/mol. The molecule has 0 bridgehead atoms. The van der Waals surface area contributed by atoms with E-state index in [0.29, 0.717) is 18.2 Å². The fraction of sp³-hybridized carbons (Fsp3) is 0.429. The second kappa shape index (κ2) is 7.33. The molecule has 8 heteroatoms. The summed E-state index contributed by atoms with van der Waals surface area (Å²) in [5.41, 5.74) is 3.14. The fourth-order valence-corrected chi connectivity index (χ4v) is 4.49. The minimum Gasteiger partial charge on any atom is -0.367 e. The van der Waals surface area contributed by atoms with Crippen molar-refractivity contribution in [3.8, 4) is 6.07 Å². The van der Waals surface area contributed by atoms with E-state index < -0.39 is 0 Å². The minimum atomic E-state index is 0.251. The molecule has 2 N–H and O–H groups in total. The highest BCUT2D eigenvalue weighted by Crippen LogP contribution is 2.33. The third-order valence-corrected chi connectivity index (χ3v) is 6.03. The number of piperazine rings is 1. The summed E-state index contributed by atoms with van der Waals surface area (Å²) in [5.74, 6) is 0.251. The van der Waals surface area contributed by atoms with Gasteiger partial charge in [-0.2, -0.15) is 5.26 Å². The number of amides is 1. The van der Waals surface area contributed by atoms with Crippen molar-refractivity contribution >= 4 is 33.5 Å². The molecule has 1 amide bonds. The SMILES string of the molecule is N#Cc1cc2c(cn1)[nH]c1nccc(N3CCN(C(=O)C[C@@H]4CCCN4)CC3)c12. The smallest absolute Gasteiger partial charge is 0.224 e. The highest BCUT2D eigenvalue weighted by atomic mass is 16.2. The number of aromatic amines is 1. The summed E-state index contributed by atoms with van der Waals surface area (Å²) in [7, 11) is 0. The Kier molecular flexibility index (Phi) is 4.52. The molecule has 0 unspecified atom stereocenters. The summed E-state index contributed by atoms with van der Waals surface area (Å²) in [6.45, 7) is 4.04. The summed E-state index contributed by atoms with van der Waals surface area (Å²) in [6, 6.07) is 6.28. The molecule has 29 heavy (non-hydrogen) atoms. The first-order valence-electron chi connectivity index (χ1n) is 10.2. The van der Waals surface area contributed by atoms with Crippen LogP contribution in [0.5, 0.6) is 0 Å². The number of hydrogen-bond donors (Lipinski definition) is 2. The monoisotopic (exact) mass is 389 g/mol. The number of fused-ring (bicyclic) bond motifs is 3. The second-order valence-corrected chi connectivity index (χ2v) is 7.77. The van der Waals surface area contributed by atoms with Crippen LogP contribution in [0.15, 0.2) is 24.5 Å². The van der Waals surface area contributed by atoms with E-state index >= 15 is 0 Å². The lowest BCUT2D eigenvalue weighted by molar-refractivity contribution is -0.131. The van der Waals surface area contributed by atoms with Crippen molar-refractivity contribution in [2.45, 2.75) is 25.3 Å². The molecule has 3 aromatic rings. The first-order valence-corrected chi connectivity index (χ1v) is 10.2. The quantitative estimate of drug-likeness (QED) is 0.708. The Morgan fingerprint density at radius 2 is 2.14 bits per heavy atom. The summed E-state index contributed by atoms with van der Waals surface area (Å²) < 4.78 is 0. The summed E-state index contributed by atoms with van der Waals surface area (Å²) in [5, 5.41) is 14.6. The zero-order chi connectivity index (χ0) is 19.8. The highest BCUT2D eigenvalue weighted by Gasteiger charge is 2.26. The minimum absolute atomic E-state index is 0.251. The Bertz CT molecular complexity index is 1100. The number of anilines is 1. The molecule has 2 aliphatic heterocycles. The van der Waals surface area contributed by atoms with Crippen molar-refractivity contribution in [2.24, 2.45) is 0 Å². The van der Waals surface area contributed by atoms with Gasteiger partial charge in [0.15, 0.2) is 0 Å². The number of pyridine rings is 2. The molecule has 0 aromatic carbocycles. The molecule has 3 aromatic heterocycles. The maximum atomic E-state index is 12.6.